The molecule has 0 aromatic rings. The Hall–Kier alpha value is -1.35. The Kier molecular flexibility index (Phi) is 5.12. The van der Waals surface area contributed by atoms with E-state index in [1.165, 1.54) is 4.90 Å². The molecule has 8 nitrogen and oxygen atoms in total. The second kappa shape index (κ2) is 6.20. The SMILES string of the molecule is CC(C(N)=NO)N1CCN(C(=O)CS(C)(=O)=O)CC1. The zero-order valence-corrected chi connectivity index (χ0v) is 11.9. The van der Waals surface area contributed by atoms with E-state index in [4.69, 9.17) is 10.9 Å². The van der Waals surface area contributed by atoms with E-state index in [1.54, 1.807) is 0 Å². The van der Waals surface area contributed by atoms with Crippen molar-refractivity contribution >= 4 is 21.6 Å². The third-order valence-electron chi connectivity index (χ3n) is 3.14. The number of amidine groups is 1. The van der Waals surface area contributed by atoms with Gasteiger partial charge in [0.2, 0.25) is 5.91 Å². The highest BCUT2D eigenvalue weighted by Crippen LogP contribution is 2.07. The number of hydrogen-bond acceptors (Lipinski definition) is 6. The maximum Gasteiger partial charge on any atom is 0.237 e. The summed E-state index contributed by atoms with van der Waals surface area (Å²) in [5, 5.41) is 11.6. The van der Waals surface area contributed by atoms with Crippen LogP contribution in [0.4, 0.5) is 0 Å². The van der Waals surface area contributed by atoms with Crippen molar-refractivity contribution in [2.75, 3.05) is 38.2 Å². The third-order valence-corrected chi connectivity index (χ3v) is 3.92. The van der Waals surface area contributed by atoms with Crippen LogP contribution < -0.4 is 5.73 Å². The number of piperazine rings is 1. The number of oxime groups is 1. The van der Waals surface area contributed by atoms with Crippen LogP contribution in [0.2, 0.25) is 0 Å². The molecule has 1 saturated heterocycles. The highest BCUT2D eigenvalue weighted by molar-refractivity contribution is 7.91. The number of carbonyl (C=O) groups excluding carboxylic acids is 1. The minimum atomic E-state index is -3.30. The zero-order chi connectivity index (χ0) is 14.6. The van der Waals surface area contributed by atoms with Crippen LogP contribution in [0, 0.1) is 0 Å². The summed E-state index contributed by atoms with van der Waals surface area (Å²) in [6.45, 7) is 3.82. The predicted molar refractivity (Wildman–Crippen MR) is 70.7 cm³/mol. The highest BCUT2D eigenvalue weighted by Gasteiger charge is 2.26. The Bertz CT molecular complexity index is 454. The Morgan fingerprint density at radius 2 is 1.89 bits per heavy atom. The molecule has 0 bridgehead atoms. The maximum absolute atomic E-state index is 11.7. The first kappa shape index (κ1) is 15.7. The molecule has 1 rings (SSSR count). The molecule has 1 heterocycles. The van der Waals surface area contributed by atoms with Crippen LogP contribution in [0.15, 0.2) is 5.16 Å². The first-order chi connectivity index (χ1) is 8.74. The quantitative estimate of drug-likeness (QED) is 0.276. The highest BCUT2D eigenvalue weighted by atomic mass is 32.2. The molecule has 0 aromatic heterocycles. The Labute approximate surface area is 112 Å². The van der Waals surface area contributed by atoms with Crippen LogP contribution in [0.5, 0.6) is 0 Å². The normalized spacial score (nSPS) is 20.3. The molecule has 1 aliphatic heterocycles. The van der Waals surface area contributed by atoms with E-state index in [9.17, 15) is 13.2 Å². The average Bonchev–Trinajstić information content (AvgIpc) is 2.35. The summed E-state index contributed by atoms with van der Waals surface area (Å²) in [5.41, 5.74) is 5.52. The van der Waals surface area contributed by atoms with Crippen molar-refractivity contribution in [2.45, 2.75) is 13.0 Å². The number of carbonyl (C=O) groups is 1. The van der Waals surface area contributed by atoms with Gasteiger partial charge in [-0.25, -0.2) is 8.42 Å². The molecule has 0 radical (unpaired) electrons. The van der Waals surface area contributed by atoms with E-state index < -0.39 is 15.6 Å². The predicted octanol–water partition coefficient (Wildman–Crippen LogP) is -1.69. The summed E-state index contributed by atoms with van der Waals surface area (Å²) < 4.78 is 22.1. The van der Waals surface area contributed by atoms with Gasteiger partial charge in [0.05, 0.1) is 6.04 Å². The summed E-state index contributed by atoms with van der Waals surface area (Å²) in [6.07, 6.45) is 1.04. The van der Waals surface area contributed by atoms with Crippen LogP contribution in [0.3, 0.4) is 0 Å². The lowest BCUT2D eigenvalue weighted by Crippen LogP contribution is -2.55. The molecule has 19 heavy (non-hydrogen) atoms. The largest absolute Gasteiger partial charge is 0.409 e. The monoisotopic (exact) mass is 292 g/mol. The lowest BCUT2D eigenvalue weighted by molar-refractivity contribution is -0.130. The number of nitrogens with zero attached hydrogens (tertiary/aromatic N) is 3. The number of hydrogen-bond donors (Lipinski definition) is 2. The summed E-state index contributed by atoms with van der Waals surface area (Å²) >= 11 is 0. The van der Waals surface area contributed by atoms with Crippen LogP contribution in [-0.2, 0) is 14.6 Å². The minimum Gasteiger partial charge on any atom is -0.409 e. The van der Waals surface area contributed by atoms with Gasteiger partial charge >= 0.3 is 0 Å². The van der Waals surface area contributed by atoms with Crippen LogP contribution in [-0.4, -0.2) is 79.4 Å². The number of amides is 1. The molecular formula is C10H20N4O4S. The van der Waals surface area contributed by atoms with Crippen molar-refractivity contribution in [3.8, 4) is 0 Å². The lowest BCUT2D eigenvalue weighted by atomic mass is 10.2. The fraction of sp³-hybridized carbons (Fsp3) is 0.800. The van der Waals surface area contributed by atoms with Crippen molar-refractivity contribution in [3.05, 3.63) is 0 Å². The van der Waals surface area contributed by atoms with Gasteiger partial charge in [0.15, 0.2) is 15.7 Å². The van der Waals surface area contributed by atoms with Gasteiger partial charge in [-0.05, 0) is 6.92 Å². The third kappa shape index (κ3) is 4.67. The minimum absolute atomic E-state index is 0.121. The number of rotatable bonds is 4. The maximum atomic E-state index is 11.7. The lowest BCUT2D eigenvalue weighted by Gasteiger charge is -2.37. The van der Waals surface area contributed by atoms with Gasteiger partial charge in [-0.3, -0.25) is 9.69 Å². The van der Waals surface area contributed by atoms with Gasteiger partial charge < -0.3 is 15.8 Å². The average molecular weight is 292 g/mol. The second-order valence-electron chi connectivity index (χ2n) is 4.69. The molecule has 3 N–H and O–H groups in total. The molecule has 1 fully saturated rings. The van der Waals surface area contributed by atoms with Crippen molar-refractivity contribution in [2.24, 2.45) is 10.9 Å². The van der Waals surface area contributed by atoms with Crippen molar-refractivity contribution in [1.82, 2.24) is 9.80 Å². The fourth-order valence-corrected chi connectivity index (χ4v) is 2.58. The van der Waals surface area contributed by atoms with Gasteiger partial charge in [-0.2, -0.15) is 0 Å². The van der Waals surface area contributed by atoms with E-state index in [0.717, 1.165) is 6.26 Å². The number of nitrogens with two attached hydrogens (primary N) is 1. The van der Waals surface area contributed by atoms with Gasteiger partial charge in [-0.15, -0.1) is 0 Å². The summed E-state index contributed by atoms with van der Waals surface area (Å²) in [5.74, 6) is -0.711. The molecule has 0 saturated carbocycles. The molecule has 0 spiro atoms. The van der Waals surface area contributed by atoms with Gasteiger partial charge in [-0.1, -0.05) is 5.16 Å². The van der Waals surface area contributed by atoms with Gasteiger partial charge in [0.1, 0.15) is 5.75 Å². The summed E-state index contributed by atoms with van der Waals surface area (Å²) in [7, 11) is -3.30. The van der Waals surface area contributed by atoms with E-state index in [2.05, 4.69) is 5.16 Å². The first-order valence-electron chi connectivity index (χ1n) is 5.91. The Morgan fingerprint density at radius 3 is 2.32 bits per heavy atom. The van der Waals surface area contributed by atoms with Crippen LogP contribution >= 0.6 is 0 Å². The van der Waals surface area contributed by atoms with Crippen LogP contribution in [0.25, 0.3) is 0 Å². The second-order valence-corrected chi connectivity index (χ2v) is 6.83. The molecule has 1 unspecified atom stereocenters. The van der Waals surface area contributed by atoms with E-state index in [-0.39, 0.29) is 17.8 Å². The molecule has 9 heteroatoms. The molecule has 110 valence electrons. The number of sulfone groups is 1. The molecule has 1 aliphatic rings. The molecule has 1 amide bonds. The van der Waals surface area contributed by atoms with E-state index in [1.807, 2.05) is 11.8 Å². The van der Waals surface area contributed by atoms with Crippen molar-refractivity contribution < 1.29 is 18.4 Å². The molecular weight excluding hydrogens is 272 g/mol. The zero-order valence-electron chi connectivity index (χ0n) is 11.1. The van der Waals surface area contributed by atoms with E-state index in [0.29, 0.717) is 26.2 Å². The van der Waals surface area contributed by atoms with Gasteiger partial charge in [0, 0.05) is 32.4 Å². The first-order valence-corrected chi connectivity index (χ1v) is 7.97. The Balaban J connectivity index is 2.51. The summed E-state index contributed by atoms with van der Waals surface area (Å²) in [4.78, 5) is 15.2. The summed E-state index contributed by atoms with van der Waals surface area (Å²) in [6, 6.07) is -0.211. The van der Waals surface area contributed by atoms with Crippen molar-refractivity contribution in [1.29, 1.82) is 0 Å². The topological polar surface area (TPSA) is 116 Å². The van der Waals surface area contributed by atoms with E-state index >= 15 is 0 Å². The fourth-order valence-electron chi connectivity index (χ4n) is 1.94. The molecule has 0 aliphatic carbocycles. The Morgan fingerprint density at radius 1 is 1.37 bits per heavy atom. The standard InChI is InChI=1S/C10H20N4O4S/c1-8(10(11)12-16)13-3-5-14(6-4-13)9(15)7-19(2,17)18/h8,16H,3-7H2,1-2H3,(H2,11,12). The van der Waals surface area contributed by atoms with Gasteiger partial charge in [0.25, 0.3) is 0 Å². The van der Waals surface area contributed by atoms with Crippen LogP contribution in [0.1, 0.15) is 6.92 Å². The molecule has 1 atom stereocenters. The smallest absolute Gasteiger partial charge is 0.237 e. The van der Waals surface area contributed by atoms with Crippen molar-refractivity contribution in [3.63, 3.8) is 0 Å². The molecule has 0 aromatic carbocycles.